The molecule has 0 amide bonds. The smallest absolute Gasteiger partial charge is 0.304 e. The van der Waals surface area contributed by atoms with Gasteiger partial charge in [0.1, 0.15) is 17.6 Å². The monoisotopic (exact) mass is 425 g/mol. The Labute approximate surface area is 186 Å². The standard InChI is InChI=1S/C27H23NO4/c28-15-18-6-8-23-22(24(18)12-17-4-2-1-3-5-17)10-11-25(23)32-20-7-9-21-19(13-27(29)30)16-31-26(21)14-20/h1-9,14,19,25H,10-13,16H2,(H,29,30)/t19?,25-/m1/s1. The lowest BCUT2D eigenvalue weighted by Gasteiger charge is -2.17. The van der Waals surface area contributed by atoms with E-state index in [-0.39, 0.29) is 18.4 Å². The van der Waals surface area contributed by atoms with E-state index in [9.17, 15) is 10.1 Å². The van der Waals surface area contributed by atoms with Gasteiger partial charge in [-0.25, -0.2) is 0 Å². The molecule has 2 atom stereocenters. The first kappa shape index (κ1) is 20.1. The summed E-state index contributed by atoms with van der Waals surface area (Å²) in [5.41, 5.74) is 6.29. The minimum Gasteiger partial charge on any atom is -0.492 e. The van der Waals surface area contributed by atoms with E-state index in [2.05, 4.69) is 18.2 Å². The molecular weight excluding hydrogens is 402 g/mol. The highest BCUT2D eigenvalue weighted by atomic mass is 16.5. The number of fused-ring (bicyclic) bond motifs is 2. The SMILES string of the molecule is N#Cc1ccc2c(c1Cc1ccccc1)CC[C@H]2Oc1ccc2c(c1)OCC2CC(=O)O. The molecule has 5 rings (SSSR count). The van der Waals surface area contributed by atoms with Crippen molar-refractivity contribution in [3.8, 4) is 17.6 Å². The molecule has 3 aromatic carbocycles. The zero-order valence-electron chi connectivity index (χ0n) is 17.6. The average molecular weight is 425 g/mol. The summed E-state index contributed by atoms with van der Waals surface area (Å²) >= 11 is 0. The Balaban J connectivity index is 1.39. The van der Waals surface area contributed by atoms with Crippen molar-refractivity contribution in [2.45, 2.75) is 37.7 Å². The number of hydrogen-bond acceptors (Lipinski definition) is 4. The number of carboxylic acids is 1. The molecule has 5 nitrogen and oxygen atoms in total. The van der Waals surface area contributed by atoms with E-state index in [0.29, 0.717) is 18.1 Å². The van der Waals surface area contributed by atoms with Crippen LogP contribution in [-0.2, 0) is 17.6 Å². The Hall–Kier alpha value is -3.78. The van der Waals surface area contributed by atoms with Crippen LogP contribution in [0.5, 0.6) is 11.5 Å². The van der Waals surface area contributed by atoms with Crippen LogP contribution in [0.2, 0.25) is 0 Å². The fourth-order valence-corrected chi connectivity index (χ4v) is 4.84. The summed E-state index contributed by atoms with van der Waals surface area (Å²) in [6.45, 7) is 0.386. The number of nitrogens with zero attached hydrogens (tertiary/aromatic N) is 1. The van der Waals surface area contributed by atoms with E-state index in [1.807, 2.05) is 48.5 Å². The van der Waals surface area contributed by atoms with Crippen LogP contribution in [0.3, 0.4) is 0 Å². The van der Waals surface area contributed by atoms with Gasteiger partial charge in [-0.05, 0) is 53.6 Å². The molecule has 0 saturated heterocycles. The first-order chi connectivity index (χ1) is 15.6. The van der Waals surface area contributed by atoms with Crippen molar-refractivity contribution < 1.29 is 19.4 Å². The van der Waals surface area contributed by atoms with Gasteiger partial charge >= 0.3 is 5.97 Å². The molecule has 5 heteroatoms. The van der Waals surface area contributed by atoms with Gasteiger partial charge in [-0.3, -0.25) is 4.79 Å². The van der Waals surface area contributed by atoms with Crippen LogP contribution < -0.4 is 9.47 Å². The summed E-state index contributed by atoms with van der Waals surface area (Å²) < 4.78 is 12.1. The summed E-state index contributed by atoms with van der Waals surface area (Å²) in [5, 5.41) is 18.8. The van der Waals surface area contributed by atoms with Gasteiger partial charge in [-0.1, -0.05) is 42.5 Å². The largest absolute Gasteiger partial charge is 0.492 e. The maximum absolute atomic E-state index is 11.1. The predicted octanol–water partition coefficient (Wildman–Crippen LogP) is 5.17. The molecule has 2 aliphatic rings. The minimum atomic E-state index is -0.822. The lowest BCUT2D eigenvalue weighted by atomic mass is 9.92. The van der Waals surface area contributed by atoms with Crippen molar-refractivity contribution >= 4 is 5.97 Å². The van der Waals surface area contributed by atoms with Crippen molar-refractivity contribution in [3.63, 3.8) is 0 Å². The van der Waals surface area contributed by atoms with Crippen molar-refractivity contribution in [2.75, 3.05) is 6.61 Å². The summed E-state index contributed by atoms with van der Waals surface area (Å²) in [7, 11) is 0. The van der Waals surface area contributed by atoms with Crippen LogP contribution in [0.1, 0.15) is 58.2 Å². The van der Waals surface area contributed by atoms with Gasteiger partial charge in [-0.2, -0.15) is 5.26 Å². The quantitative estimate of drug-likeness (QED) is 0.590. The predicted molar refractivity (Wildman–Crippen MR) is 119 cm³/mol. The van der Waals surface area contributed by atoms with Crippen LogP contribution in [0.25, 0.3) is 0 Å². The maximum atomic E-state index is 11.1. The average Bonchev–Trinajstić information content (AvgIpc) is 3.38. The van der Waals surface area contributed by atoms with E-state index in [0.717, 1.165) is 41.5 Å². The van der Waals surface area contributed by atoms with Gasteiger partial charge in [0.15, 0.2) is 0 Å². The number of aliphatic carboxylic acids is 1. The first-order valence-corrected chi connectivity index (χ1v) is 10.9. The van der Waals surface area contributed by atoms with Crippen molar-refractivity contribution in [1.82, 2.24) is 0 Å². The molecule has 1 N–H and O–H groups in total. The molecule has 1 aliphatic heterocycles. The summed E-state index contributed by atoms with van der Waals surface area (Å²) in [4.78, 5) is 11.1. The highest BCUT2D eigenvalue weighted by Crippen LogP contribution is 2.42. The Morgan fingerprint density at radius 1 is 1.12 bits per heavy atom. The van der Waals surface area contributed by atoms with Gasteiger partial charge in [0.05, 0.1) is 24.7 Å². The third kappa shape index (κ3) is 3.80. The summed E-state index contributed by atoms with van der Waals surface area (Å²) in [6, 6.07) is 22.2. The number of carbonyl (C=O) groups is 1. The van der Waals surface area contributed by atoms with Crippen LogP contribution >= 0.6 is 0 Å². The Kier molecular flexibility index (Phi) is 5.28. The minimum absolute atomic E-state index is 0.0641. The molecule has 1 unspecified atom stereocenters. The first-order valence-electron chi connectivity index (χ1n) is 10.9. The molecular formula is C27H23NO4. The molecule has 0 aromatic heterocycles. The highest BCUT2D eigenvalue weighted by Gasteiger charge is 2.30. The van der Waals surface area contributed by atoms with E-state index < -0.39 is 5.97 Å². The molecule has 0 radical (unpaired) electrons. The number of ether oxygens (including phenoxy) is 2. The highest BCUT2D eigenvalue weighted by molar-refractivity contribution is 5.68. The van der Waals surface area contributed by atoms with Crippen LogP contribution in [-0.4, -0.2) is 17.7 Å². The summed E-state index contributed by atoms with van der Waals surface area (Å²) in [5.74, 6) is 0.481. The van der Waals surface area contributed by atoms with Gasteiger partial charge in [-0.15, -0.1) is 0 Å². The molecule has 32 heavy (non-hydrogen) atoms. The number of carboxylic acid groups (broad SMARTS) is 1. The molecule has 1 heterocycles. The molecule has 160 valence electrons. The third-order valence-corrected chi connectivity index (χ3v) is 6.38. The number of benzene rings is 3. The number of nitriles is 1. The fourth-order valence-electron chi connectivity index (χ4n) is 4.84. The zero-order valence-corrected chi connectivity index (χ0v) is 17.6. The molecule has 0 saturated carbocycles. The lowest BCUT2D eigenvalue weighted by Crippen LogP contribution is -2.07. The lowest BCUT2D eigenvalue weighted by molar-refractivity contribution is -0.137. The Morgan fingerprint density at radius 3 is 2.72 bits per heavy atom. The van der Waals surface area contributed by atoms with E-state index in [4.69, 9.17) is 14.6 Å². The van der Waals surface area contributed by atoms with Crippen LogP contribution in [0.15, 0.2) is 60.7 Å². The molecule has 0 bridgehead atoms. The normalized spacial score (nSPS) is 18.3. The number of rotatable bonds is 6. The maximum Gasteiger partial charge on any atom is 0.304 e. The third-order valence-electron chi connectivity index (χ3n) is 6.38. The van der Waals surface area contributed by atoms with Gasteiger partial charge < -0.3 is 14.6 Å². The van der Waals surface area contributed by atoms with E-state index in [1.54, 1.807) is 0 Å². The second-order valence-corrected chi connectivity index (χ2v) is 8.38. The second kappa shape index (κ2) is 8.39. The van der Waals surface area contributed by atoms with Crippen molar-refractivity contribution in [1.29, 1.82) is 5.26 Å². The van der Waals surface area contributed by atoms with Crippen LogP contribution in [0.4, 0.5) is 0 Å². The van der Waals surface area contributed by atoms with Gasteiger partial charge in [0.25, 0.3) is 0 Å². The fraction of sp³-hybridized carbons (Fsp3) is 0.259. The Morgan fingerprint density at radius 2 is 1.94 bits per heavy atom. The van der Waals surface area contributed by atoms with Crippen molar-refractivity contribution in [3.05, 3.63) is 94.0 Å². The van der Waals surface area contributed by atoms with Crippen molar-refractivity contribution in [2.24, 2.45) is 0 Å². The molecule has 0 spiro atoms. The van der Waals surface area contributed by atoms with Gasteiger partial charge in [0, 0.05) is 17.5 Å². The molecule has 0 fully saturated rings. The van der Waals surface area contributed by atoms with E-state index >= 15 is 0 Å². The summed E-state index contributed by atoms with van der Waals surface area (Å²) in [6.07, 6.45) is 2.44. The molecule has 3 aromatic rings. The second-order valence-electron chi connectivity index (χ2n) is 8.38. The molecule has 1 aliphatic carbocycles. The van der Waals surface area contributed by atoms with Crippen LogP contribution in [0, 0.1) is 11.3 Å². The van der Waals surface area contributed by atoms with E-state index in [1.165, 1.54) is 11.1 Å². The zero-order chi connectivity index (χ0) is 22.1. The number of hydrogen-bond donors (Lipinski definition) is 1. The van der Waals surface area contributed by atoms with Gasteiger partial charge in [0.2, 0.25) is 0 Å². The Bertz CT molecular complexity index is 1210. The topological polar surface area (TPSA) is 79.5 Å².